The number of nitrogens with one attached hydrogen (secondary N) is 2. The molecule has 1 aliphatic rings. The molecule has 0 spiro atoms. The van der Waals surface area contributed by atoms with Crippen molar-refractivity contribution in [1.29, 1.82) is 0 Å². The molecule has 2 N–H and O–H groups in total. The Bertz CT molecular complexity index is 556. The molecule has 0 radical (unpaired) electrons. The molecule has 1 unspecified atom stereocenters. The van der Waals surface area contributed by atoms with Gasteiger partial charge < -0.3 is 14.8 Å². The van der Waals surface area contributed by atoms with Crippen LogP contribution in [0.5, 0.6) is 5.75 Å². The van der Waals surface area contributed by atoms with Gasteiger partial charge in [0.25, 0.3) is 0 Å². The van der Waals surface area contributed by atoms with E-state index in [2.05, 4.69) is 15.8 Å². The molecular weight excluding hydrogens is 262 g/mol. The van der Waals surface area contributed by atoms with Gasteiger partial charge in [-0.15, -0.1) is 0 Å². The minimum Gasteiger partial charge on any atom is -0.497 e. The Morgan fingerprint density at radius 2 is 2.25 bits per heavy atom. The summed E-state index contributed by atoms with van der Waals surface area (Å²) in [6.07, 6.45) is 0. The molecule has 7 heteroatoms. The van der Waals surface area contributed by atoms with Gasteiger partial charge in [-0.05, 0) is 24.6 Å². The number of amides is 2. The number of esters is 1. The summed E-state index contributed by atoms with van der Waals surface area (Å²) in [6.45, 7) is 1.93. The van der Waals surface area contributed by atoms with Crippen molar-refractivity contribution in [2.24, 2.45) is 5.10 Å². The Hall–Kier alpha value is -2.57. The summed E-state index contributed by atoms with van der Waals surface area (Å²) in [4.78, 5) is 23.3. The van der Waals surface area contributed by atoms with Gasteiger partial charge in [-0.1, -0.05) is 12.1 Å². The van der Waals surface area contributed by atoms with Gasteiger partial charge in [0.05, 0.1) is 13.7 Å². The molecule has 1 aromatic carbocycles. The highest BCUT2D eigenvalue weighted by molar-refractivity contribution is 6.39. The number of methoxy groups -OCH3 is 1. The molecule has 0 aliphatic carbocycles. The van der Waals surface area contributed by atoms with Crippen LogP contribution in [0.1, 0.15) is 18.5 Å². The monoisotopic (exact) mass is 277 g/mol. The number of hydrazone groups is 1. The largest absolute Gasteiger partial charge is 0.497 e. The molecule has 0 saturated carbocycles. The number of carbonyl (C=O) groups is 2. The van der Waals surface area contributed by atoms with Crippen molar-refractivity contribution in [2.45, 2.75) is 13.0 Å². The van der Waals surface area contributed by atoms with Gasteiger partial charge in [0.1, 0.15) is 11.8 Å². The lowest BCUT2D eigenvalue weighted by molar-refractivity contribution is -0.135. The first-order chi connectivity index (χ1) is 9.65. The average Bonchev–Trinajstić information content (AvgIpc) is 2.47. The fourth-order valence-corrected chi connectivity index (χ4v) is 1.84. The SMILES string of the molecule is CCOC(=O)C1=NNC(=O)NC1c1cccc(OC)c1. The standard InChI is InChI=1S/C13H15N3O4/c1-3-20-12(17)11-10(14-13(18)16-15-11)8-5-4-6-9(7-8)19-2/h4-7,10H,3H2,1-2H3,(H2,14,16,18). The fraction of sp³-hybridized carbons (Fsp3) is 0.308. The molecular formula is C13H15N3O4. The van der Waals surface area contributed by atoms with Gasteiger partial charge in [-0.3, -0.25) is 0 Å². The quantitative estimate of drug-likeness (QED) is 0.802. The van der Waals surface area contributed by atoms with Crippen LogP contribution in [0.15, 0.2) is 29.4 Å². The van der Waals surface area contributed by atoms with Crippen LogP contribution in [-0.4, -0.2) is 31.4 Å². The summed E-state index contributed by atoms with van der Waals surface area (Å²) in [6, 6.07) is 5.89. The molecule has 7 nitrogen and oxygen atoms in total. The Kier molecular flexibility index (Phi) is 4.19. The third-order valence-electron chi connectivity index (χ3n) is 2.74. The maximum atomic E-state index is 11.9. The highest BCUT2D eigenvalue weighted by Crippen LogP contribution is 2.22. The van der Waals surface area contributed by atoms with E-state index in [1.165, 1.54) is 0 Å². The first kappa shape index (κ1) is 13.9. The predicted octanol–water partition coefficient (Wildman–Crippen LogP) is 0.968. The molecule has 106 valence electrons. The smallest absolute Gasteiger partial charge is 0.357 e. The molecule has 0 saturated heterocycles. The van der Waals surface area contributed by atoms with Gasteiger partial charge in [-0.2, -0.15) is 5.10 Å². The lowest BCUT2D eigenvalue weighted by atomic mass is 10.0. The third kappa shape index (κ3) is 2.87. The zero-order chi connectivity index (χ0) is 14.5. The topological polar surface area (TPSA) is 89.0 Å². The highest BCUT2D eigenvalue weighted by atomic mass is 16.5. The molecule has 20 heavy (non-hydrogen) atoms. The maximum absolute atomic E-state index is 11.9. The fourth-order valence-electron chi connectivity index (χ4n) is 1.84. The molecule has 1 aliphatic heterocycles. The summed E-state index contributed by atoms with van der Waals surface area (Å²) >= 11 is 0. The van der Waals surface area contributed by atoms with Crippen LogP contribution >= 0.6 is 0 Å². The molecule has 0 fully saturated rings. The summed E-state index contributed by atoms with van der Waals surface area (Å²) in [5.74, 6) is 0.0475. The maximum Gasteiger partial charge on any atom is 0.357 e. The Labute approximate surface area is 115 Å². The Balaban J connectivity index is 2.34. The number of hydrogen-bond donors (Lipinski definition) is 2. The molecule has 1 atom stereocenters. The van der Waals surface area contributed by atoms with Crippen LogP contribution in [0.4, 0.5) is 4.79 Å². The van der Waals surface area contributed by atoms with E-state index in [9.17, 15) is 9.59 Å². The van der Waals surface area contributed by atoms with Crippen molar-refractivity contribution in [3.05, 3.63) is 29.8 Å². The van der Waals surface area contributed by atoms with Crippen LogP contribution in [0, 0.1) is 0 Å². The predicted molar refractivity (Wildman–Crippen MR) is 71.5 cm³/mol. The zero-order valence-corrected chi connectivity index (χ0v) is 11.2. The van der Waals surface area contributed by atoms with Crippen molar-refractivity contribution in [1.82, 2.24) is 10.7 Å². The molecule has 0 aromatic heterocycles. The van der Waals surface area contributed by atoms with E-state index in [1.807, 2.05) is 0 Å². The number of ether oxygens (including phenoxy) is 2. The van der Waals surface area contributed by atoms with E-state index in [0.29, 0.717) is 11.3 Å². The normalized spacial score (nSPS) is 17.6. The van der Waals surface area contributed by atoms with Crippen LogP contribution in [0.3, 0.4) is 0 Å². The molecule has 2 rings (SSSR count). The van der Waals surface area contributed by atoms with E-state index in [4.69, 9.17) is 9.47 Å². The van der Waals surface area contributed by atoms with Gasteiger partial charge in [0.2, 0.25) is 0 Å². The number of urea groups is 1. The second kappa shape index (κ2) is 6.05. The minimum absolute atomic E-state index is 0.0969. The number of rotatable bonds is 4. The van der Waals surface area contributed by atoms with Crippen molar-refractivity contribution >= 4 is 17.7 Å². The second-order valence-corrected chi connectivity index (χ2v) is 4.01. The van der Waals surface area contributed by atoms with Crippen LogP contribution in [-0.2, 0) is 9.53 Å². The first-order valence-corrected chi connectivity index (χ1v) is 6.11. The second-order valence-electron chi connectivity index (χ2n) is 4.01. The van der Waals surface area contributed by atoms with Crippen molar-refractivity contribution < 1.29 is 19.1 Å². The van der Waals surface area contributed by atoms with Crippen LogP contribution in [0.25, 0.3) is 0 Å². The molecule has 1 heterocycles. The molecule has 2 amide bonds. The number of nitrogens with zero attached hydrogens (tertiary/aromatic N) is 1. The summed E-state index contributed by atoms with van der Waals surface area (Å²) < 4.78 is 10.1. The van der Waals surface area contributed by atoms with E-state index in [1.54, 1.807) is 38.3 Å². The number of carbonyl (C=O) groups excluding carboxylic acids is 2. The van der Waals surface area contributed by atoms with E-state index in [-0.39, 0.29) is 12.3 Å². The summed E-state index contributed by atoms with van der Waals surface area (Å²) in [5.41, 5.74) is 2.99. The highest BCUT2D eigenvalue weighted by Gasteiger charge is 2.31. The van der Waals surface area contributed by atoms with Gasteiger partial charge >= 0.3 is 12.0 Å². The third-order valence-corrected chi connectivity index (χ3v) is 2.74. The van der Waals surface area contributed by atoms with E-state index in [0.717, 1.165) is 0 Å². The number of hydrogen-bond acceptors (Lipinski definition) is 5. The lowest BCUT2D eigenvalue weighted by Gasteiger charge is -2.23. The molecule has 1 aromatic rings. The average molecular weight is 277 g/mol. The van der Waals surface area contributed by atoms with Crippen LogP contribution in [0.2, 0.25) is 0 Å². The van der Waals surface area contributed by atoms with Crippen molar-refractivity contribution in [3.63, 3.8) is 0 Å². The van der Waals surface area contributed by atoms with Gasteiger partial charge in [-0.25, -0.2) is 15.0 Å². The van der Waals surface area contributed by atoms with Crippen molar-refractivity contribution in [3.8, 4) is 5.75 Å². The summed E-state index contributed by atoms with van der Waals surface area (Å²) in [5, 5.41) is 6.42. The van der Waals surface area contributed by atoms with Gasteiger partial charge in [0, 0.05) is 0 Å². The number of benzene rings is 1. The summed E-state index contributed by atoms with van der Waals surface area (Å²) in [7, 11) is 1.54. The van der Waals surface area contributed by atoms with Gasteiger partial charge in [0.15, 0.2) is 5.71 Å². The first-order valence-electron chi connectivity index (χ1n) is 6.11. The lowest BCUT2D eigenvalue weighted by Crippen LogP contribution is -2.47. The van der Waals surface area contributed by atoms with E-state index < -0.39 is 18.0 Å². The van der Waals surface area contributed by atoms with E-state index >= 15 is 0 Å². The van der Waals surface area contributed by atoms with Crippen LogP contribution < -0.4 is 15.5 Å². The molecule has 0 bridgehead atoms. The van der Waals surface area contributed by atoms with Crippen molar-refractivity contribution in [2.75, 3.05) is 13.7 Å². The Morgan fingerprint density at radius 3 is 2.95 bits per heavy atom. The minimum atomic E-state index is -0.669. The zero-order valence-electron chi connectivity index (χ0n) is 11.2. The Morgan fingerprint density at radius 1 is 1.45 bits per heavy atom.